The molecule has 2 aromatic rings. The lowest BCUT2D eigenvalue weighted by molar-refractivity contribution is -0.144. The van der Waals surface area contributed by atoms with E-state index in [1.165, 1.54) is 19.1 Å². The first kappa shape index (κ1) is 27.2. The second kappa shape index (κ2) is 12.5. The third-order valence-corrected chi connectivity index (χ3v) is 4.89. The maximum Gasteiger partial charge on any atom is 0.338 e. The van der Waals surface area contributed by atoms with Crippen LogP contribution in [0.4, 0.5) is 4.39 Å². The molecule has 2 aromatic carbocycles. The Kier molecular flexibility index (Phi) is 9.70. The van der Waals surface area contributed by atoms with Crippen molar-refractivity contribution in [3.8, 4) is 16.9 Å². The highest BCUT2D eigenvalue weighted by molar-refractivity contribution is 5.89. The highest BCUT2D eigenvalue weighted by Gasteiger charge is 2.17. The van der Waals surface area contributed by atoms with Gasteiger partial charge in [0.1, 0.15) is 0 Å². The molecule has 2 rings (SSSR count). The van der Waals surface area contributed by atoms with Gasteiger partial charge < -0.3 is 14.2 Å². The van der Waals surface area contributed by atoms with E-state index in [0.717, 1.165) is 11.1 Å². The van der Waals surface area contributed by atoms with Crippen LogP contribution in [-0.4, -0.2) is 31.1 Å². The average molecular weight is 481 g/mol. The van der Waals surface area contributed by atoms with Crippen LogP contribution in [0.3, 0.4) is 0 Å². The Morgan fingerprint density at radius 1 is 0.771 bits per heavy atom. The van der Waals surface area contributed by atoms with Crippen LogP contribution in [0.15, 0.2) is 78.9 Å². The average Bonchev–Trinajstić information content (AvgIpc) is 2.81. The minimum atomic E-state index is -0.696. The molecule has 0 bridgehead atoms. The molecule has 0 aromatic heterocycles. The molecule has 7 heteroatoms. The Morgan fingerprint density at radius 3 is 1.71 bits per heavy atom. The molecule has 35 heavy (non-hydrogen) atoms. The molecule has 0 heterocycles. The summed E-state index contributed by atoms with van der Waals surface area (Å²) in [5.74, 6) is -2.85. The summed E-state index contributed by atoms with van der Waals surface area (Å²) in [6.07, 6.45) is 0.470. The highest BCUT2D eigenvalue weighted by Crippen LogP contribution is 2.27. The summed E-state index contributed by atoms with van der Waals surface area (Å²) in [5, 5.41) is 0. The van der Waals surface area contributed by atoms with Crippen LogP contribution < -0.4 is 4.74 Å². The highest BCUT2D eigenvalue weighted by atomic mass is 19.1. The number of esters is 3. The number of halogens is 1. The van der Waals surface area contributed by atoms with Gasteiger partial charge in [0.05, 0.1) is 13.2 Å². The van der Waals surface area contributed by atoms with Crippen molar-refractivity contribution in [2.75, 3.05) is 13.2 Å². The van der Waals surface area contributed by atoms with Gasteiger partial charge in [0.25, 0.3) is 0 Å². The minimum Gasteiger partial charge on any atom is -0.462 e. The van der Waals surface area contributed by atoms with E-state index in [-0.39, 0.29) is 41.6 Å². The molecule has 0 saturated carbocycles. The molecular formula is C28H29FO6. The number of ether oxygens (including phenoxy) is 3. The van der Waals surface area contributed by atoms with Gasteiger partial charge in [0.15, 0.2) is 11.6 Å². The number of carbonyl (C=O) groups is 3. The summed E-state index contributed by atoms with van der Waals surface area (Å²) < 4.78 is 29.9. The van der Waals surface area contributed by atoms with Gasteiger partial charge in [-0.3, -0.25) is 0 Å². The zero-order valence-corrected chi connectivity index (χ0v) is 20.2. The van der Waals surface area contributed by atoms with Gasteiger partial charge in [0, 0.05) is 22.6 Å². The van der Waals surface area contributed by atoms with Crippen molar-refractivity contribution in [1.29, 1.82) is 0 Å². The van der Waals surface area contributed by atoms with Gasteiger partial charge in [0.2, 0.25) is 0 Å². The van der Waals surface area contributed by atoms with Crippen LogP contribution in [0, 0.1) is 11.7 Å². The van der Waals surface area contributed by atoms with Crippen LogP contribution in [0.2, 0.25) is 0 Å². The second-order valence-corrected chi connectivity index (χ2v) is 8.34. The van der Waals surface area contributed by atoms with E-state index in [2.05, 4.69) is 19.7 Å². The van der Waals surface area contributed by atoms with Crippen molar-refractivity contribution in [2.24, 2.45) is 5.92 Å². The molecule has 0 amide bonds. The maximum atomic E-state index is 14.4. The monoisotopic (exact) mass is 480 g/mol. The Bertz CT molecular complexity index is 1120. The fraction of sp³-hybridized carbons (Fsp3) is 0.250. The standard InChI is InChI=1S/C28H29FO6/c1-17(2)26(30)33-15-21(16-34-27(31)18(3)4)13-20-7-9-22(10-8-20)23-11-12-25(24(29)14-23)35-28(32)19(5)6/h7-12,14,21H,1,3,5,13,15-16H2,2,4,6H3. The van der Waals surface area contributed by atoms with Gasteiger partial charge >= 0.3 is 17.9 Å². The molecule has 0 radical (unpaired) electrons. The van der Waals surface area contributed by atoms with Crippen molar-refractivity contribution < 1.29 is 33.0 Å². The van der Waals surface area contributed by atoms with E-state index in [9.17, 15) is 18.8 Å². The van der Waals surface area contributed by atoms with Gasteiger partial charge in [-0.25, -0.2) is 18.8 Å². The van der Waals surface area contributed by atoms with Gasteiger partial charge in [-0.05, 0) is 56.0 Å². The van der Waals surface area contributed by atoms with Crippen molar-refractivity contribution in [1.82, 2.24) is 0 Å². The van der Waals surface area contributed by atoms with E-state index < -0.39 is 23.7 Å². The molecule has 0 aliphatic rings. The van der Waals surface area contributed by atoms with Crippen LogP contribution >= 0.6 is 0 Å². The van der Waals surface area contributed by atoms with E-state index in [4.69, 9.17) is 14.2 Å². The lowest BCUT2D eigenvalue weighted by Crippen LogP contribution is -2.23. The lowest BCUT2D eigenvalue weighted by Gasteiger charge is -2.18. The predicted octanol–water partition coefficient (Wildman–Crippen LogP) is 5.37. The molecule has 0 aliphatic carbocycles. The van der Waals surface area contributed by atoms with E-state index >= 15 is 0 Å². The van der Waals surface area contributed by atoms with Crippen molar-refractivity contribution in [2.45, 2.75) is 27.2 Å². The quantitative estimate of drug-likeness (QED) is 0.244. The molecular weight excluding hydrogens is 451 g/mol. The number of benzene rings is 2. The van der Waals surface area contributed by atoms with E-state index in [1.54, 1.807) is 19.9 Å². The number of hydrogen-bond acceptors (Lipinski definition) is 6. The summed E-state index contributed by atoms with van der Waals surface area (Å²) >= 11 is 0. The Balaban J connectivity index is 2.12. The molecule has 6 nitrogen and oxygen atoms in total. The molecule has 0 spiro atoms. The van der Waals surface area contributed by atoms with Crippen molar-refractivity contribution >= 4 is 17.9 Å². The normalized spacial score (nSPS) is 10.4. The van der Waals surface area contributed by atoms with Gasteiger partial charge in [-0.1, -0.05) is 50.1 Å². The smallest absolute Gasteiger partial charge is 0.338 e. The number of hydrogen-bond donors (Lipinski definition) is 0. The van der Waals surface area contributed by atoms with Crippen LogP contribution in [0.1, 0.15) is 26.3 Å². The first-order valence-corrected chi connectivity index (χ1v) is 10.9. The van der Waals surface area contributed by atoms with Gasteiger partial charge in [-0.2, -0.15) is 0 Å². The Hall–Kier alpha value is -4.00. The molecule has 0 atom stereocenters. The first-order chi connectivity index (χ1) is 16.5. The molecule has 0 unspecified atom stereocenters. The zero-order chi connectivity index (χ0) is 26.1. The number of carbonyl (C=O) groups excluding carboxylic acids is 3. The summed E-state index contributed by atoms with van der Waals surface area (Å²) in [6, 6.07) is 11.7. The Labute approximate surface area is 204 Å². The lowest BCUT2D eigenvalue weighted by atomic mass is 9.97. The SMILES string of the molecule is C=C(C)C(=O)OCC(COC(=O)C(=C)C)Cc1ccc(-c2ccc(OC(=O)C(=C)C)c(F)c2)cc1. The molecule has 0 aliphatic heterocycles. The first-order valence-electron chi connectivity index (χ1n) is 10.9. The summed E-state index contributed by atoms with van der Waals surface area (Å²) in [4.78, 5) is 35.2. The van der Waals surface area contributed by atoms with Crippen LogP contribution in [0.25, 0.3) is 11.1 Å². The maximum absolute atomic E-state index is 14.4. The summed E-state index contributed by atoms with van der Waals surface area (Å²) in [5.41, 5.74) is 2.99. The van der Waals surface area contributed by atoms with E-state index in [1.807, 2.05) is 24.3 Å². The molecule has 0 N–H and O–H groups in total. The topological polar surface area (TPSA) is 78.9 Å². The summed E-state index contributed by atoms with van der Waals surface area (Å²) in [7, 11) is 0. The van der Waals surface area contributed by atoms with Crippen LogP contribution in [0.5, 0.6) is 5.75 Å². The van der Waals surface area contributed by atoms with Gasteiger partial charge in [-0.15, -0.1) is 0 Å². The molecule has 0 fully saturated rings. The fourth-order valence-corrected chi connectivity index (χ4v) is 2.92. The third-order valence-electron chi connectivity index (χ3n) is 4.89. The predicted molar refractivity (Wildman–Crippen MR) is 131 cm³/mol. The third kappa shape index (κ3) is 8.37. The zero-order valence-electron chi connectivity index (χ0n) is 20.2. The minimum absolute atomic E-state index is 0.0481. The van der Waals surface area contributed by atoms with Crippen molar-refractivity contribution in [3.05, 3.63) is 90.3 Å². The van der Waals surface area contributed by atoms with Crippen molar-refractivity contribution in [3.63, 3.8) is 0 Å². The number of rotatable bonds is 11. The van der Waals surface area contributed by atoms with E-state index in [0.29, 0.717) is 12.0 Å². The Morgan fingerprint density at radius 2 is 1.26 bits per heavy atom. The van der Waals surface area contributed by atoms with Crippen LogP contribution in [-0.2, 0) is 30.3 Å². The molecule has 184 valence electrons. The molecule has 0 saturated heterocycles. The second-order valence-electron chi connectivity index (χ2n) is 8.34. The summed E-state index contributed by atoms with van der Waals surface area (Å²) in [6.45, 7) is 15.3. The fourth-order valence-electron chi connectivity index (χ4n) is 2.92. The largest absolute Gasteiger partial charge is 0.462 e.